The number of fused-ring (bicyclic) bond motifs is 2. The largest absolute Gasteiger partial charge is 0.356 e. The number of hydrogen-bond donors (Lipinski definition) is 0. The molecule has 0 radical (unpaired) electrons. The van der Waals surface area contributed by atoms with Gasteiger partial charge in [0.15, 0.2) is 12.6 Å². The molecule has 3 heterocycles. The van der Waals surface area contributed by atoms with Crippen molar-refractivity contribution in [1.82, 2.24) is 4.90 Å². The van der Waals surface area contributed by atoms with E-state index in [1.165, 1.54) is 0 Å². The van der Waals surface area contributed by atoms with Gasteiger partial charge in [-0.3, -0.25) is 4.79 Å². The summed E-state index contributed by atoms with van der Waals surface area (Å²) in [5.74, 6) is 0.0619. The zero-order chi connectivity index (χ0) is 16.0. The average Bonchev–Trinajstić information content (AvgIpc) is 3.30. The van der Waals surface area contributed by atoms with Crippen LogP contribution in [0.5, 0.6) is 0 Å². The highest BCUT2D eigenvalue weighted by Crippen LogP contribution is 2.49. The highest BCUT2D eigenvalue weighted by atomic mass is 16.7. The van der Waals surface area contributed by atoms with Crippen molar-refractivity contribution >= 4 is 5.91 Å². The van der Waals surface area contributed by atoms with Crippen molar-refractivity contribution in [3.8, 4) is 0 Å². The Kier molecular flexibility index (Phi) is 3.65. The first-order valence-corrected chi connectivity index (χ1v) is 7.92. The molecule has 124 valence electrons. The summed E-state index contributed by atoms with van der Waals surface area (Å²) in [7, 11) is 1.62. The van der Waals surface area contributed by atoms with Crippen LogP contribution in [0.15, 0.2) is 30.3 Å². The summed E-state index contributed by atoms with van der Waals surface area (Å²) in [6, 6.07) is 9.84. The Morgan fingerprint density at radius 3 is 2.74 bits per heavy atom. The molecule has 6 heteroatoms. The van der Waals surface area contributed by atoms with Crippen LogP contribution in [0.1, 0.15) is 25.2 Å². The highest BCUT2D eigenvalue weighted by molar-refractivity contribution is 5.77. The van der Waals surface area contributed by atoms with Crippen LogP contribution >= 0.6 is 0 Å². The molecule has 4 rings (SSSR count). The molecule has 1 spiro atoms. The molecule has 6 nitrogen and oxygen atoms in total. The second-order valence-corrected chi connectivity index (χ2v) is 6.39. The molecule has 1 amide bonds. The van der Waals surface area contributed by atoms with E-state index in [9.17, 15) is 4.79 Å². The van der Waals surface area contributed by atoms with E-state index in [1.54, 1.807) is 14.0 Å². The topological polar surface area (TPSA) is 57.0 Å². The standard InChI is InChI=1S/C17H21NO5/c1-11(19)18-10-17(18)8-14(20-2)22-13-9-21-16(23-15(13)17)12-6-4-3-5-7-12/h3-7,13-16H,8-10H2,1-2H3. The Morgan fingerprint density at radius 2 is 2.09 bits per heavy atom. The van der Waals surface area contributed by atoms with E-state index in [0.29, 0.717) is 19.6 Å². The third-order valence-electron chi connectivity index (χ3n) is 4.98. The van der Waals surface area contributed by atoms with E-state index >= 15 is 0 Å². The van der Waals surface area contributed by atoms with Crippen molar-refractivity contribution in [2.24, 2.45) is 0 Å². The molecule has 3 saturated heterocycles. The summed E-state index contributed by atoms with van der Waals surface area (Å²) >= 11 is 0. The van der Waals surface area contributed by atoms with Crippen molar-refractivity contribution in [3.63, 3.8) is 0 Å². The fourth-order valence-corrected chi connectivity index (χ4v) is 3.77. The Labute approximate surface area is 135 Å². The van der Waals surface area contributed by atoms with Crippen molar-refractivity contribution in [2.75, 3.05) is 20.3 Å². The molecule has 23 heavy (non-hydrogen) atoms. The van der Waals surface area contributed by atoms with Gasteiger partial charge in [0, 0.05) is 32.6 Å². The molecule has 0 aliphatic carbocycles. The smallest absolute Gasteiger partial charge is 0.220 e. The van der Waals surface area contributed by atoms with E-state index in [1.807, 2.05) is 35.2 Å². The van der Waals surface area contributed by atoms with Crippen LogP contribution in [-0.4, -0.2) is 55.1 Å². The summed E-state index contributed by atoms with van der Waals surface area (Å²) in [6.07, 6.45) is -0.548. The first kappa shape index (κ1) is 15.1. The molecule has 5 atom stereocenters. The van der Waals surface area contributed by atoms with Gasteiger partial charge < -0.3 is 23.8 Å². The number of ether oxygens (including phenoxy) is 4. The van der Waals surface area contributed by atoms with Crippen LogP contribution in [0.25, 0.3) is 0 Å². The van der Waals surface area contributed by atoms with Gasteiger partial charge in [-0.25, -0.2) is 0 Å². The number of nitrogens with zero attached hydrogens (tertiary/aromatic N) is 1. The lowest BCUT2D eigenvalue weighted by Gasteiger charge is -2.46. The van der Waals surface area contributed by atoms with E-state index in [-0.39, 0.29) is 29.9 Å². The van der Waals surface area contributed by atoms with Gasteiger partial charge in [0.1, 0.15) is 12.2 Å². The minimum atomic E-state index is -0.425. The van der Waals surface area contributed by atoms with E-state index in [2.05, 4.69) is 0 Å². The summed E-state index contributed by atoms with van der Waals surface area (Å²) < 4.78 is 23.4. The van der Waals surface area contributed by atoms with Crippen LogP contribution in [0.4, 0.5) is 0 Å². The van der Waals surface area contributed by atoms with Gasteiger partial charge in [-0.1, -0.05) is 30.3 Å². The van der Waals surface area contributed by atoms with Crippen LogP contribution in [0, 0.1) is 0 Å². The molecule has 0 aromatic heterocycles. The van der Waals surface area contributed by atoms with Crippen LogP contribution in [0.2, 0.25) is 0 Å². The monoisotopic (exact) mass is 319 g/mol. The first-order chi connectivity index (χ1) is 11.1. The molecular weight excluding hydrogens is 298 g/mol. The Bertz CT molecular complexity index is 594. The van der Waals surface area contributed by atoms with Crippen LogP contribution < -0.4 is 0 Å². The van der Waals surface area contributed by atoms with E-state index in [0.717, 1.165) is 5.56 Å². The number of hydrogen-bond acceptors (Lipinski definition) is 5. The number of amides is 1. The fourth-order valence-electron chi connectivity index (χ4n) is 3.77. The van der Waals surface area contributed by atoms with Crippen molar-refractivity contribution in [3.05, 3.63) is 35.9 Å². The number of methoxy groups -OCH3 is 1. The third kappa shape index (κ3) is 2.46. The van der Waals surface area contributed by atoms with Gasteiger partial charge in [-0.2, -0.15) is 0 Å². The number of carbonyl (C=O) groups excluding carboxylic acids is 1. The van der Waals surface area contributed by atoms with Crippen molar-refractivity contribution in [2.45, 2.75) is 43.7 Å². The maximum atomic E-state index is 11.9. The number of rotatable bonds is 2. The lowest BCUT2D eigenvalue weighted by Crippen LogP contribution is -2.58. The van der Waals surface area contributed by atoms with Crippen LogP contribution in [0.3, 0.4) is 0 Å². The van der Waals surface area contributed by atoms with Gasteiger partial charge in [-0.05, 0) is 0 Å². The molecule has 3 fully saturated rings. The summed E-state index contributed by atoms with van der Waals surface area (Å²) in [5, 5.41) is 0. The lowest BCUT2D eigenvalue weighted by atomic mass is 9.90. The molecule has 0 bridgehead atoms. The lowest BCUT2D eigenvalue weighted by molar-refractivity contribution is -0.324. The summed E-state index contributed by atoms with van der Waals surface area (Å²) in [4.78, 5) is 13.7. The predicted octanol–water partition coefficient (Wildman–Crippen LogP) is 1.46. The molecule has 0 saturated carbocycles. The number of carbonyl (C=O) groups is 1. The molecule has 5 unspecified atom stereocenters. The SMILES string of the molecule is COC1CC2(CN2C(C)=O)C2OC(c3ccccc3)OCC2O1. The average molecular weight is 319 g/mol. The van der Waals surface area contributed by atoms with Gasteiger partial charge in [0.2, 0.25) is 5.91 Å². The summed E-state index contributed by atoms with van der Waals surface area (Å²) in [5.41, 5.74) is 0.650. The number of benzene rings is 1. The fraction of sp³-hybridized carbons (Fsp3) is 0.588. The normalized spacial score (nSPS) is 39.1. The van der Waals surface area contributed by atoms with E-state index in [4.69, 9.17) is 18.9 Å². The maximum Gasteiger partial charge on any atom is 0.220 e. The third-order valence-corrected chi connectivity index (χ3v) is 4.98. The van der Waals surface area contributed by atoms with Gasteiger partial charge >= 0.3 is 0 Å². The molecular formula is C17H21NO5. The summed E-state index contributed by atoms with van der Waals surface area (Å²) in [6.45, 7) is 2.71. The quantitative estimate of drug-likeness (QED) is 0.773. The molecule has 1 aromatic carbocycles. The van der Waals surface area contributed by atoms with Gasteiger partial charge in [0.25, 0.3) is 0 Å². The van der Waals surface area contributed by atoms with Gasteiger partial charge in [-0.15, -0.1) is 0 Å². The molecule has 3 aliphatic heterocycles. The van der Waals surface area contributed by atoms with Crippen LogP contribution in [-0.2, 0) is 23.7 Å². The highest BCUT2D eigenvalue weighted by Gasteiger charge is 2.66. The molecule has 3 aliphatic rings. The zero-order valence-corrected chi connectivity index (χ0v) is 13.3. The second-order valence-electron chi connectivity index (χ2n) is 6.39. The van der Waals surface area contributed by atoms with Crippen molar-refractivity contribution in [1.29, 1.82) is 0 Å². The molecule has 0 N–H and O–H groups in total. The maximum absolute atomic E-state index is 11.9. The Hall–Kier alpha value is -1.47. The molecule has 1 aromatic rings. The second kappa shape index (κ2) is 5.56. The van der Waals surface area contributed by atoms with E-state index < -0.39 is 6.29 Å². The van der Waals surface area contributed by atoms with Crippen molar-refractivity contribution < 1.29 is 23.7 Å². The van der Waals surface area contributed by atoms with Gasteiger partial charge in [0.05, 0.1) is 12.1 Å². The Morgan fingerprint density at radius 1 is 1.30 bits per heavy atom. The first-order valence-electron chi connectivity index (χ1n) is 7.92. The Balaban J connectivity index is 1.59. The minimum absolute atomic E-state index is 0.0619. The zero-order valence-electron chi connectivity index (χ0n) is 13.3. The predicted molar refractivity (Wildman–Crippen MR) is 80.4 cm³/mol. The minimum Gasteiger partial charge on any atom is -0.356 e.